The van der Waals surface area contributed by atoms with Gasteiger partial charge in [0.1, 0.15) is 0 Å². The zero-order chi connectivity index (χ0) is 18.9. The molecule has 144 valence electrons. The molecule has 0 atom stereocenters. The Kier molecular flexibility index (Phi) is 7.62. The van der Waals surface area contributed by atoms with Gasteiger partial charge in [-0.3, -0.25) is 4.79 Å². The number of rotatable bonds is 8. The third kappa shape index (κ3) is 6.50. The largest absolute Gasteiger partial charge is 0.493 e. The SMILES string of the molecule is COc1cc(/C=N/OCC(=O)NC2CCC(C)CC2)ccc1OC(F)F. The first-order chi connectivity index (χ1) is 12.5. The molecule has 1 saturated carbocycles. The van der Waals surface area contributed by atoms with Gasteiger partial charge < -0.3 is 19.6 Å². The molecule has 1 aliphatic carbocycles. The monoisotopic (exact) mass is 370 g/mol. The highest BCUT2D eigenvalue weighted by molar-refractivity contribution is 5.81. The molecule has 0 radical (unpaired) electrons. The number of alkyl halides is 2. The minimum atomic E-state index is -2.93. The minimum absolute atomic E-state index is 0.0678. The van der Waals surface area contributed by atoms with Gasteiger partial charge in [-0.25, -0.2) is 0 Å². The van der Waals surface area contributed by atoms with Gasteiger partial charge >= 0.3 is 6.61 Å². The standard InChI is InChI=1S/C18H24F2N2O4/c1-12-3-6-14(7-4-12)22-17(23)11-25-21-10-13-5-8-15(26-18(19)20)16(9-13)24-2/h5,8-10,12,14,18H,3-4,6-7,11H2,1-2H3,(H,22,23)/b21-10+. The Bertz CT molecular complexity index is 617. The Balaban J connectivity index is 1.78. The van der Waals surface area contributed by atoms with Crippen LogP contribution in [0.2, 0.25) is 0 Å². The van der Waals surface area contributed by atoms with Gasteiger partial charge in [-0.05, 0) is 49.8 Å². The third-order valence-electron chi connectivity index (χ3n) is 4.26. The average Bonchev–Trinajstić information content (AvgIpc) is 2.61. The van der Waals surface area contributed by atoms with Crippen molar-refractivity contribution in [2.45, 2.75) is 45.3 Å². The van der Waals surface area contributed by atoms with Crippen LogP contribution >= 0.6 is 0 Å². The van der Waals surface area contributed by atoms with Gasteiger partial charge in [-0.1, -0.05) is 12.1 Å². The van der Waals surface area contributed by atoms with Crippen LogP contribution in [0, 0.1) is 5.92 Å². The second kappa shape index (κ2) is 9.94. The predicted molar refractivity (Wildman–Crippen MR) is 92.7 cm³/mol. The summed E-state index contributed by atoms with van der Waals surface area (Å²) >= 11 is 0. The Morgan fingerprint density at radius 1 is 1.31 bits per heavy atom. The van der Waals surface area contributed by atoms with E-state index in [-0.39, 0.29) is 30.1 Å². The molecule has 0 heterocycles. The van der Waals surface area contributed by atoms with Crippen molar-refractivity contribution in [1.82, 2.24) is 5.32 Å². The third-order valence-corrected chi connectivity index (χ3v) is 4.26. The van der Waals surface area contributed by atoms with Crippen molar-refractivity contribution in [2.75, 3.05) is 13.7 Å². The number of benzene rings is 1. The zero-order valence-corrected chi connectivity index (χ0v) is 14.9. The molecule has 8 heteroatoms. The summed E-state index contributed by atoms with van der Waals surface area (Å²) in [4.78, 5) is 16.8. The molecular weight excluding hydrogens is 346 g/mol. The molecule has 26 heavy (non-hydrogen) atoms. The first-order valence-electron chi connectivity index (χ1n) is 8.55. The van der Waals surface area contributed by atoms with Crippen molar-refractivity contribution in [3.05, 3.63) is 23.8 Å². The van der Waals surface area contributed by atoms with Gasteiger partial charge in [0.05, 0.1) is 13.3 Å². The Morgan fingerprint density at radius 3 is 2.69 bits per heavy atom. The smallest absolute Gasteiger partial charge is 0.387 e. The molecule has 2 rings (SSSR count). The number of hydrogen-bond acceptors (Lipinski definition) is 5. The van der Waals surface area contributed by atoms with Crippen LogP contribution in [0.15, 0.2) is 23.4 Å². The molecule has 1 N–H and O–H groups in total. The molecule has 1 aromatic carbocycles. The summed E-state index contributed by atoms with van der Waals surface area (Å²) in [7, 11) is 1.35. The van der Waals surface area contributed by atoms with Gasteiger partial charge in [-0.2, -0.15) is 8.78 Å². The summed E-state index contributed by atoms with van der Waals surface area (Å²) in [6.45, 7) is -0.888. The molecule has 0 bridgehead atoms. The first-order valence-corrected chi connectivity index (χ1v) is 8.55. The zero-order valence-electron chi connectivity index (χ0n) is 14.9. The number of nitrogens with one attached hydrogen (secondary N) is 1. The molecule has 0 aromatic heterocycles. The molecule has 1 amide bonds. The second-order valence-corrected chi connectivity index (χ2v) is 6.32. The second-order valence-electron chi connectivity index (χ2n) is 6.32. The molecule has 0 spiro atoms. The first kappa shape index (κ1) is 19.9. The predicted octanol–water partition coefficient (Wildman–Crippen LogP) is 3.34. The van der Waals surface area contributed by atoms with Crippen molar-refractivity contribution in [3.63, 3.8) is 0 Å². The summed E-state index contributed by atoms with van der Waals surface area (Å²) < 4.78 is 33.9. The van der Waals surface area contributed by atoms with E-state index in [0.29, 0.717) is 5.56 Å². The Morgan fingerprint density at radius 2 is 2.04 bits per heavy atom. The molecular formula is C18H24F2N2O4. The fourth-order valence-corrected chi connectivity index (χ4v) is 2.83. The molecule has 1 aromatic rings. The van der Waals surface area contributed by atoms with Gasteiger partial charge in [0.25, 0.3) is 5.91 Å². The van der Waals surface area contributed by atoms with E-state index in [4.69, 9.17) is 9.57 Å². The number of amides is 1. The van der Waals surface area contributed by atoms with E-state index in [0.717, 1.165) is 31.6 Å². The number of carbonyl (C=O) groups is 1. The van der Waals surface area contributed by atoms with Crippen molar-refractivity contribution in [3.8, 4) is 11.5 Å². The maximum atomic E-state index is 12.3. The molecule has 1 fully saturated rings. The highest BCUT2D eigenvalue weighted by Gasteiger charge is 2.19. The highest BCUT2D eigenvalue weighted by atomic mass is 19.3. The van der Waals surface area contributed by atoms with Crippen LogP contribution in [0.4, 0.5) is 8.78 Å². The van der Waals surface area contributed by atoms with Crippen LogP contribution in [0.3, 0.4) is 0 Å². The topological polar surface area (TPSA) is 69.2 Å². The van der Waals surface area contributed by atoms with Crippen LogP contribution in [0.5, 0.6) is 11.5 Å². The molecule has 6 nitrogen and oxygen atoms in total. The average molecular weight is 370 g/mol. The summed E-state index contributed by atoms with van der Waals surface area (Å²) in [5.74, 6) is 0.596. The number of oxime groups is 1. The van der Waals surface area contributed by atoms with Gasteiger partial charge in [0.2, 0.25) is 0 Å². The number of halogens is 2. The van der Waals surface area contributed by atoms with Crippen LogP contribution in [0.25, 0.3) is 0 Å². The van der Waals surface area contributed by atoms with Crippen LogP contribution < -0.4 is 14.8 Å². The van der Waals surface area contributed by atoms with E-state index >= 15 is 0 Å². The van der Waals surface area contributed by atoms with E-state index < -0.39 is 6.61 Å². The molecule has 0 aliphatic heterocycles. The lowest BCUT2D eigenvalue weighted by atomic mass is 9.87. The van der Waals surface area contributed by atoms with Gasteiger partial charge in [0, 0.05) is 11.6 Å². The highest BCUT2D eigenvalue weighted by Crippen LogP contribution is 2.29. The quantitative estimate of drug-likeness (QED) is 0.563. The van der Waals surface area contributed by atoms with Crippen LogP contribution in [-0.2, 0) is 9.63 Å². The number of carbonyl (C=O) groups excluding carboxylic acids is 1. The fourth-order valence-electron chi connectivity index (χ4n) is 2.83. The summed E-state index contributed by atoms with van der Waals surface area (Å²) in [6.07, 6.45) is 5.59. The lowest BCUT2D eigenvalue weighted by Crippen LogP contribution is -2.39. The minimum Gasteiger partial charge on any atom is -0.493 e. The number of methoxy groups -OCH3 is 1. The normalized spacial score (nSPS) is 20.2. The van der Waals surface area contributed by atoms with E-state index in [1.54, 1.807) is 0 Å². The van der Waals surface area contributed by atoms with E-state index in [2.05, 4.69) is 22.1 Å². The summed E-state index contributed by atoms with van der Waals surface area (Å²) in [6, 6.07) is 4.56. The maximum Gasteiger partial charge on any atom is 0.387 e. The van der Waals surface area contributed by atoms with Crippen molar-refractivity contribution in [2.24, 2.45) is 11.1 Å². The Labute approximate surface area is 151 Å². The number of hydrogen-bond donors (Lipinski definition) is 1. The van der Waals surface area contributed by atoms with Crippen molar-refractivity contribution < 1.29 is 27.9 Å². The lowest BCUT2D eigenvalue weighted by molar-refractivity contribution is -0.126. The maximum absolute atomic E-state index is 12.3. The van der Waals surface area contributed by atoms with E-state index in [1.165, 1.54) is 31.5 Å². The van der Waals surface area contributed by atoms with E-state index in [9.17, 15) is 13.6 Å². The number of nitrogens with zero attached hydrogens (tertiary/aromatic N) is 1. The lowest BCUT2D eigenvalue weighted by Gasteiger charge is -2.26. The molecule has 0 unspecified atom stereocenters. The number of ether oxygens (including phenoxy) is 2. The van der Waals surface area contributed by atoms with Gasteiger partial charge in [0.15, 0.2) is 18.1 Å². The Hall–Kier alpha value is -2.38. The fraction of sp³-hybridized carbons (Fsp3) is 0.556. The summed E-state index contributed by atoms with van der Waals surface area (Å²) in [5.41, 5.74) is 0.560. The van der Waals surface area contributed by atoms with E-state index in [1.807, 2.05) is 0 Å². The summed E-state index contributed by atoms with van der Waals surface area (Å²) in [5, 5.41) is 6.66. The van der Waals surface area contributed by atoms with Crippen molar-refractivity contribution in [1.29, 1.82) is 0 Å². The van der Waals surface area contributed by atoms with Crippen LogP contribution in [0.1, 0.15) is 38.2 Å². The molecule has 0 saturated heterocycles. The molecule has 1 aliphatic rings. The van der Waals surface area contributed by atoms with Crippen molar-refractivity contribution >= 4 is 12.1 Å². The van der Waals surface area contributed by atoms with Gasteiger partial charge in [-0.15, -0.1) is 0 Å². The van der Waals surface area contributed by atoms with Crippen LogP contribution in [-0.4, -0.2) is 38.5 Å².